The Morgan fingerprint density at radius 3 is 2.31 bits per heavy atom. The minimum absolute atomic E-state index is 0.238. The number of benzene rings is 1. The molecule has 0 fully saturated rings. The largest absolute Gasteiger partial charge is 0.482 e. The molecule has 0 saturated carbocycles. The summed E-state index contributed by atoms with van der Waals surface area (Å²) in [5.41, 5.74) is 1.46. The minimum Gasteiger partial charge on any atom is -0.482 e. The Balaban J connectivity index is 1.83. The number of aryl methyl sites for hydroxylation is 2. The van der Waals surface area contributed by atoms with E-state index in [2.05, 4.69) is 5.32 Å². The molecule has 1 aromatic carbocycles. The molecule has 2 aromatic rings. The molecule has 0 saturated heterocycles. The van der Waals surface area contributed by atoms with Crippen LogP contribution in [0.5, 0.6) is 5.75 Å². The maximum atomic E-state index is 12.1. The highest BCUT2D eigenvalue weighted by Gasteiger charge is 2.19. The average molecular weight is 419 g/mol. The summed E-state index contributed by atoms with van der Waals surface area (Å²) in [6.45, 7) is 5.17. The molecule has 0 atom stereocenters. The van der Waals surface area contributed by atoms with Gasteiger partial charge in [0.15, 0.2) is 13.2 Å². The lowest BCUT2D eigenvalue weighted by Gasteiger charge is -2.08. The fourth-order valence-corrected chi connectivity index (χ4v) is 3.38. The molecule has 0 unspecified atom stereocenters. The zero-order valence-electron chi connectivity index (χ0n) is 16.8. The molecule has 7 nitrogen and oxygen atoms in total. The number of anilines is 1. The Labute approximate surface area is 174 Å². The first-order valence-electron chi connectivity index (χ1n) is 9.43. The molecule has 1 amide bonds. The highest BCUT2D eigenvalue weighted by molar-refractivity contribution is 7.16. The number of esters is 2. The van der Waals surface area contributed by atoms with E-state index in [1.807, 2.05) is 26.0 Å². The Morgan fingerprint density at radius 1 is 0.966 bits per heavy atom. The van der Waals surface area contributed by atoms with Gasteiger partial charge in [-0.1, -0.05) is 26.0 Å². The maximum Gasteiger partial charge on any atom is 0.344 e. The quantitative estimate of drug-likeness (QED) is 0.592. The molecule has 1 aromatic heterocycles. The number of carbonyl (C=O) groups is 3. The molecule has 1 heterocycles. The van der Waals surface area contributed by atoms with Crippen molar-refractivity contribution in [3.05, 3.63) is 46.3 Å². The van der Waals surface area contributed by atoms with Gasteiger partial charge in [0, 0.05) is 4.88 Å². The molecular weight excluding hydrogens is 394 g/mol. The zero-order valence-corrected chi connectivity index (χ0v) is 17.6. The lowest BCUT2D eigenvalue weighted by Crippen LogP contribution is -2.24. The Morgan fingerprint density at radius 2 is 1.69 bits per heavy atom. The number of rotatable bonds is 10. The summed E-state index contributed by atoms with van der Waals surface area (Å²) in [6, 6.07) is 9.08. The molecule has 156 valence electrons. The van der Waals surface area contributed by atoms with Crippen molar-refractivity contribution >= 4 is 34.2 Å². The third kappa shape index (κ3) is 6.90. The number of hydrogen-bond donors (Lipinski definition) is 1. The van der Waals surface area contributed by atoms with Crippen molar-refractivity contribution in [3.8, 4) is 5.75 Å². The third-order valence-corrected chi connectivity index (χ3v) is 5.13. The summed E-state index contributed by atoms with van der Waals surface area (Å²) < 4.78 is 15.3. The molecule has 1 N–H and O–H groups in total. The smallest absolute Gasteiger partial charge is 0.344 e. The van der Waals surface area contributed by atoms with Gasteiger partial charge in [0.05, 0.1) is 12.2 Å². The van der Waals surface area contributed by atoms with Crippen LogP contribution in [0, 0.1) is 0 Å². The molecule has 8 heteroatoms. The van der Waals surface area contributed by atoms with Gasteiger partial charge in [-0.25, -0.2) is 9.59 Å². The van der Waals surface area contributed by atoms with Crippen LogP contribution >= 0.6 is 11.3 Å². The number of carbonyl (C=O) groups excluding carboxylic acids is 3. The summed E-state index contributed by atoms with van der Waals surface area (Å²) >= 11 is 1.29. The fourth-order valence-electron chi connectivity index (χ4n) is 2.38. The summed E-state index contributed by atoms with van der Waals surface area (Å²) in [6.07, 6.45) is 1.64. The number of nitrogens with one attached hydrogen (secondary N) is 1. The van der Waals surface area contributed by atoms with E-state index in [4.69, 9.17) is 14.2 Å². The summed E-state index contributed by atoms with van der Waals surface area (Å²) in [7, 11) is 0. The number of ether oxygens (including phenoxy) is 3. The van der Waals surface area contributed by atoms with E-state index in [0.29, 0.717) is 16.3 Å². The number of hydrogen-bond acceptors (Lipinski definition) is 7. The van der Waals surface area contributed by atoms with Crippen LogP contribution in [0.3, 0.4) is 0 Å². The van der Waals surface area contributed by atoms with Crippen molar-refractivity contribution in [2.24, 2.45) is 0 Å². The monoisotopic (exact) mass is 419 g/mol. The maximum absolute atomic E-state index is 12.1. The molecule has 0 spiro atoms. The van der Waals surface area contributed by atoms with Crippen molar-refractivity contribution in [2.75, 3.05) is 25.1 Å². The van der Waals surface area contributed by atoms with E-state index in [1.54, 1.807) is 25.1 Å². The van der Waals surface area contributed by atoms with Gasteiger partial charge in [-0.3, -0.25) is 4.79 Å². The summed E-state index contributed by atoms with van der Waals surface area (Å²) in [4.78, 5) is 36.9. The molecule has 0 aliphatic heterocycles. The van der Waals surface area contributed by atoms with Crippen molar-refractivity contribution < 1.29 is 28.6 Å². The first-order chi connectivity index (χ1) is 14.0. The zero-order chi connectivity index (χ0) is 21.2. The number of amides is 1. The predicted molar refractivity (Wildman–Crippen MR) is 111 cm³/mol. The van der Waals surface area contributed by atoms with E-state index in [0.717, 1.165) is 17.7 Å². The molecule has 0 aliphatic rings. The van der Waals surface area contributed by atoms with E-state index < -0.39 is 24.5 Å². The molecule has 0 bridgehead atoms. The first kappa shape index (κ1) is 22.4. The highest BCUT2D eigenvalue weighted by atomic mass is 32.1. The fraction of sp³-hybridized carbons (Fsp3) is 0.381. The van der Waals surface area contributed by atoms with Gasteiger partial charge in [0.2, 0.25) is 0 Å². The van der Waals surface area contributed by atoms with Crippen LogP contribution in [0.2, 0.25) is 0 Å². The van der Waals surface area contributed by atoms with E-state index in [1.165, 1.54) is 16.9 Å². The second kappa shape index (κ2) is 11.2. The second-order valence-corrected chi connectivity index (χ2v) is 7.16. The standard InChI is InChI=1S/C21H25NO6S/c1-4-14-7-9-15(10-8-14)27-13-19(24)28-12-18(23)22-20-17(21(25)26-6-3)11-16(5-2)29-20/h7-11H,4-6,12-13H2,1-3H3,(H,22,23). The number of thiophene rings is 1. The molecule has 29 heavy (non-hydrogen) atoms. The SMILES string of the molecule is CCOC(=O)c1cc(CC)sc1NC(=O)COC(=O)COc1ccc(CC)cc1. The van der Waals surface area contributed by atoms with Gasteiger partial charge < -0.3 is 19.5 Å². The van der Waals surface area contributed by atoms with Gasteiger partial charge in [-0.05, 0) is 43.5 Å². The van der Waals surface area contributed by atoms with Crippen molar-refractivity contribution in [3.63, 3.8) is 0 Å². The van der Waals surface area contributed by atoms with E-state index in [-0.39, 0.29) is 13.2 Å². The van der Waals surface area contributed by atoms with Gasteiger partial charge >= 0.3 is 11.9 Å². The van der Waals surface area contributed by atoms with Crippen LogP contribution < -0.4 is 10.1 Å². The van der Waals surface area contributed by atoms with Crippen LogP contribution in [-0.4, -0.2) is 37.7 Å². The van der Waals surface area contributed by atoms with Crippen molar-refractivity contribution in [2.45, 2.75) is 33.6 Å². The van der Waals surface area contributed by atoms with Crippen LogP contribution in [0.1, 0.15) is 41.6 Å². The second-order valence-electron chi connectivity index (χ2n) is 6.02. The highest BCUT2D eigenvalue weighted by Crippen LogP contribution is 2.29. The van der Waals surface area contributed by atoms with E-state index >= 15 is 0 Å². The normalized spacial score (nSPS) is 10.3. The Kier molecular flexibility index (Phi) is 8.67. The average Bonchev–Trinajstić information content (AvgIpc) is 3.14. The van der Waals surface area contributed by atoms with Crippen LogP contribution in [0.15, 0.2) is 30.3 Å². The summed E-state index contributed by atoms with van der Waals surface area (Å²) in [5, 5.41) is 2.99. The lowest BCUT2D eigenvalue weighted by molar-refractivity contribution is -0.149. The lowest BCUT2D eigenvalue weighted by atomic mass is 10.2. The van der Waals surface area contributed by atoms with Gasteiger partial charge in [0.25, 0.3) is 5.91 Å². The van der Waals surface area contributed by atoms with Crippen LogP contribution in [-0.2, 0) is 31.9 Å². The topological polar surface area (TPSA) is 90.9 Å². The van der Waals surface area contributed by atoms with Crippen LogP contribution in [0.25, 0.3) is 0 Å². The first-order valence-corrected chi connectivity index (χ1v) is 10.2. The summed E-state index contributed by atoms with van der Waals surface area (Å²) in [5.74, 6) is -1.15. The van der Waals surface area contributed by atoms with Crippen molar-refractivity contribution in [1.82, 2.24) is 0 Å². The molecule has 0 radical (unpaired) electrons. The Hall–Kier alpha value is -2.87. The predicted octanol–water partition coefficient (Wildman–Crippen LogP) is 3.61. The molecule has 0 aliphatic carbocycles. The molecule has 2 rings (SSSR count). The van der Waals surface area contributed by atoms with E-state index in [9.17, 15) is 14.4 Å². The third-order valence-electron chi connectivity index (χ3n) is 3.93. The van der Waals surface area contributed by atoms with Crippen molar-refractivity contribution in [1.29, 1.82) is 0 Å². The van der Waals surface area contributed by atoms with Gasteiger partial charge in [-0.2, -0.15) is 0 Å². The minimum atomic E-state index is -0.661. The van der Waals surface area contributed by atoms with Gasteiger partial charge in [0.1, 0.15) is 10.8 Å². The van der Waals surface area contributed by atoms with Gasteiger partial charge in [-0.15, -0.1) is 11.3 Å². The molecular formula is C21H25NO6S. The van der Waals surface area contributed by atoms with Crippen LogP contribution in [0.4, 0.5) is 5.00 Å². The Bertz CT molecular complexity index is 843.